The molecule has 1 aromatic heterocycles. The van der Waals surface area contributed by atoms with Crippen LogP contribution < -0.4 is 9.64 Å². The van der Waals surface area contributed by atoms with Gasteiger partial charge >= 0.3 is 0 Å². The van der Waals surface area contributed by atoms with Gasteiger partial charge in [-0.05, 0) is 36.6 Å². The largest absolute Gasteiger partial charge is 0.598 e. The summed E-state index contributed by atoms with van der Waals surface area (Å²) >= 11 is 5.70. The number of aryl methyl sites for hydroxylation is 1. The molecule has 0 aliphatic carbocycles. The average Bonchev–Trinajstić information content (AvgIpc) is 2.82. The zero-order valence-electron chi connectivity index (χ0n) is 19.7. The molecule has 0 spiro atoms. The van der Waals surface area contributed by atoms with Gasteiger partial charge in [0.1, 0.15) is 18.1 Å². The van der Waals surface area contributed by atoms with Crippen LogP contribution in [0, 0.1) is 0 Å². The molecule has 0 amide bonds. The Hall–Kier alpha value is -1.58. The van der Waals surface area contributed by atoms with Crippen molar-refractivity contribution in [3.8, 4) is 5.75 Å². The van der Waals surface area contributed by atoms with Crippen LogP contribution in [0.1, 0.15) is 37.8 Å². The maximum absolute atomic E-state index is 11.7. The number of ether oxygens (including phenoxy) is 1. The summed E-state index contributed by atoms with van der Waals surface area (Å²) in [7, 11) is 0. The molecule has 180 valence electrons. The summed E-state index contributed by atoms with van der Waals surface area (Å²) in [5, 5.41) is 0.661. The van der Waals surface area contributed by atoms with E-state index in [9.17, 15) is 4.55 Å². The minimum atomic E-state index is -0.901. The molecule has 7 nitrogen and oxygen atoms in total. The van der Waals surface area contributed by atoms with Gasteiger partial charge in [-0.2, -0.15) is 0 Å². The molecule has 0 radical (unpaired) electrons. The fraction of sp³-hybridized carbons (Fsp3) is 0.583. The van der Waals surface area contributed by atoms with E-state index in [2.05, 4.69) is 39.7 Å². The molecule has 2 atom stereocenters. The van der Waals surface area contributed by atoms with E-state index in [0.29, 0.717) is 11.1 Å². The molecule has 2 saturated heterocycles. The third-order valence-electron chi connectivity index (χ3n) is 6.59. The van der Waals surface area contributed by atoms with Gasteiger partial charge in [0.05, 0.1) is 18.1 Å². The molecule has 3 heterocycles. The summed E-state index contributed by atoms with van der Waals surface area (Å²) in [4.78, 5) is 13.6. The summed E-state index contributed by atoms with van der Waals surface area (Å²) in [5.41, 5.74) is 2.33. The molecule has 0 N–H and O–H groups in total. The Morgan fingerprint density at radius 3 is 2.45 bits per heavy atom. The summed E-state index contributed by atoms with van der Waals surface area (Å²) in [6, 6.07) is 6.48. The molecule has 33 heavy (non-hydrogen) atoms. The summed E-state index contributed by atoms with van der Waals surface area (Å²) < 4.78 is 20.0. The van der Waals surface area contributed by atoms with Gasteiger partial charge in [-0.25, -0.2) is 9.97 Å². The van der Waals surface area contributed by atoms with Crippen molar-refractivity contribution in [3.05, 3.63) is 46.7 Å². The number of halogens is 1. The molecule has 9 heteroatoms. The lowest BCUT2D eigenvalue weighted by atomic mass is 10.1. The number of aromatic nitrogens is 2. The lowest BCUT2D eigenvalue weighted by molar-refractivity contribution is 0.122. The van der Waals surface area contributed by atoms with Gasteiger partial charge in [-0.15, -0.1) is 4.31 Å². The Kier molecular flexibility index (Phi) is 8.35. The van der Waals surface area contributed by atoms with Gasteiger partial charge in [0.15, 0.2) is 0 Å². The molecule has 0 bridgehead atoms. The number of piperazine rings is 1. The van der Waals surface area contributed by atoms with Gasteiger partial charge in [0.25, 0.3) is 0 Å². The Bertz CT molecular complexity index is 908. The Morgan fingerprint density at radius 2 is 1.85 bits per heavy atom. The van der Waals surface area contributed by atoms with Crippen molar-refractivity contribution in [2.24, 2.45) is 0 Å². The zero-order valence-corrected chi connectivity index (χ0v) is 21.3. The van der Waals surface area contributed by atoms with E-state index in [0.717, 1.165) is 75.8 Å². The fourth-order valence-corrected chi connectivity index (χ4v) is 5.46. The van der Waals surface area contributed by atoms with Gasteiger partial charge in [-0.1, -0.05) is 24.6 Å². The summed E-state index contributed by atoms with van der Waals surface area (Å²) in [6.07, 6.45) is 8.50. The monoisotopic (exact) mass is 491 g/mol. The normalized spacial score (nSPS) is 21.8. The number of benzene rings is 1. The first-order valence-electron chi connectivity index (χ1n) is 11.8. The SMILES string of the molecule is CCc1cnc(N2CCC(Oc3ccc(CN4CCN([S+](C)[O-])CC4C)cc3Cl)CC2)nc1. The van der Waals surface area contributed by atoms with Crippen LogP contribution in [0.4, 0.5) is 5.95 Å². The first kappa shape index (κ1) is 24.5. The molecule has 2 aromatic rings. The van der Waals surface area contributed by atoms with Gasteiger partial charge in [0.2, 0.25) is 5.95 Å². The second-order valence-electron chi connectivity index (χ2n) is 8.95. The molecule has 1 aromatic carbocycles. The van der Waals surface area contributed by atoms with E-state index in [1.165, 1.54) is 5.56 Å². The zero-order chi connectivity index (χ0) is 23.4. The van der Waals surface area contributed by atoms with Crippen LogP contribution in [0.3, 0.4) is 0 Å². The predicted octanol–water partition coefficient (Wildman–Crippen LogP) is 3.54. The second kappa shape index (κ2) is 11.2. The number of anilines is 1. The Balaban J connectivity index is 1.28. The van der Waals surface area contributed by atoms with Crippen LogP contribution in [0.2, 0.25) is 5.02 Å². The van der Waals surface area contributed by atoms with Gasteiger partial charge in [0, 0.05) is 68.8 Å². The van der Waals surface area contributed by atoms with E-state index in [1.807, 2.05) is 28.8 Å². The van der Waals surface area contributed by atoms with Crippen molar-refractivity contribution in [2.45, 2.75) is 51.8 Å². The topological polar surface area (TPSA) is 67.8 Å². The van der Waals surface area contributed by atoms with E-state index in [1.54, 1.807) is 6.26 Å². The standard InChI is InChI=1S/C24H34ClN5O2S/c1-4-19-14-26-24(27-15-19)28-9-7-21(8-10-28)32-23-6-5-20(13-22(23)25)17-29-11-12-30(33(3)31)16-18(29)2/h5-6,13-15,18,21H,4,7-12,16-17H2,1-3H3. The predicted molar refractivity (Wildman–Crippen MR) is 134 cm³/mol. The summed E-state index contributed by atoms with van der Waals surface area (Å²) in [6.45, 7) is 9.43. The van der Waals surface area contributed by atoms with Crippen molar-refractivity contribution in [2.75, 3.05) is 43.9 Å². The molecule has 0 saturated carbocycles. The van der Waals surface area contributed by atoms with Crippen molar-refractivity contribution in [1.82, 2.24) is 19.2 Å². The average molecular weight is 492 g/mol. The van der Waals surface area contributed by atoms with Crippen molar-refractivity contribution < 1.29 is 9.29 Å². The maximum atomic E-state index is 11.7. The smallest absolute Gasteiger partial charge is 0.225 e. The highest BCUT2D eigenvalue weighted by atomic mass is 35.5. The second-order valence-corrected chi connectivity index (χ2v) is 10.7. The van der Waals surface area contributed by atoms with Crippen LogP contribution >= 0.6 is 11.6 Å². The molecule has 2 unspecified atom stereocenters. The first-order valence-corrected chi connectivity index (χ1v) is 13.7. The van der Waals surface area contributed by atoms with Gasteiger partial charge < -0.3 is 14.2 Å². The minimum Gasteiger partial charge on any atom is -0.598 e. The first-order chi connectivity index (χ1) is 15.9. The van der Waals surface area contributed by atoms with Crippen molar-refractivity contribution in [1.29, 1.82) is 0 Å². The Labute approximate surface area is 205 Å². The lowest BCUT2D eigenvalue weighted by Crippen LogP contribution is -2.52. The third-order valence-corrected chi connectivity index (χ3v) is 7.95. The highest BCUT2D eigenvalue weighted by molar-refractivity contribution is 7.88. The quantitative estimate of drug-likeness (QED) is 0.549. The molecule has 2 fully saturated rings. The maximum Gasteiger partial charge on any atom is 0.225 e. The lowest BCUT2D eigenvalue weighted by Gasteiger charge is -2.38. The van der Waals surface area contributed by atoms with E-state index < -0.39 is 11.4 Å². The van der Waals surface area contributed by atoms with Crippen LogP contribution in [0.15, 0.2) is 30.6 Å². The molecule has 2 aliphatic rings. The number of hydrogen-bond acceptors (Lipinski definition) is 7. The molecule has 4 rings (SSSR count). The van der Waals surface area contributed by atoms with E-state index >= 15 is 0 Å². The van der Waals surface area contributed by atoms with Crippen molar-refractivity contribution >= 4 is 28.9 Å². The van der Waals surface area contributed by atoms with Crippen LogP contribution in [-0.2, 0) is 24.3 Å². The van der Waals surface area contributed by atoms with E-state index in [-0.39, 0.29) is 6.10 Å². The Morgan fingerprint density at radius 1 is 1.12 bits per heavy atom. The highest BCUT2D eigenvalue weighted by Crippen LogP contribution is 2.30. The molecule has 2 aliphatic heterocycles. The number of piperidine rings is 1. The van der Waals surface area contributed by atoms with Gasteiger partial charge in [-0.3, -0.25) is 4.90 Å². The van der Waals surface area contributed by atoms with E-state index in [4.69, 9.17) is 16.3 Å². The third kappa shape index (κ3) is 6.31. The number of hydrogen-bond donors (Lipinski definition) is 0. The van der Waals surface area contributed by atoms with Crippen LogP contribution in [-0.4, -0.2) is 74.9 Å². The minimum absolute atomic E-state index is 0.141. The highest BCUT2D eigenvalue weighted by Gasteiger charge is 2.29. The van der Waals surface area contributed by atoms with Crippen molar-refractivity contribution in [3.63, 3.8) is 0 Å². The number of rotatable bonds is 7. The van der Waals surface area contributed by atoms with Crippen LogP contribution in [0.25, 0.3) is 0 Å². The number of nitrogens with zero attached hydrogens (tertiary/aromatic N) is 5. The molecular formula is C24H34ClN5O2S. The summed E-state index contributed by atoms with van der Waals surface area (Å²) in [5.74, 6) is 1.55. The fourth-order valence-electron chi connectivity index (χ4n) is 4.45. The molecular weight excluding hydrogens is 458 g/mol. The van der Waals surface area contributed by atoms with Crippen LogP contribution in [0.5, 0.6) is 5.75 Å².